The minimum atomic E-state index is 0.0946. The monoisotopic (exact) mass is 293 g/mol. The Morgan fingerprint density at radius 1 is 1.25 bits per heavy atom. The van der Waals surface area contributed by atoms with Gasteiger partial charge in [0.05, 0.1) is 12.7 Å². The van der Waals surface area contributed by atoms with Crippen LogP contribution in [0, 0.1) is 6.92 Å². The standard InChI is InChI=1S/C16H23NO2S/c1-11-14-7-5-6-8-15(14)20-16(11)12(2)17-9-13(19-4)10-18-3/h5-8,12-13,17H,9-10H2,1-4H3. The van der Waals surface area contributed by atoms with Gasteiger partial charge in [0.1, 0.15) is 0 Å². The maximum absolute atomic E-state index is 5.38. The molecule has 0 saturated carbocycles. The summed E-state index contributed by atoms with van der Waals surface area (Å²) in [5.41, 5.74) is 1.38. The van der Waals surface area contributed by atoms with Crippen LogP contribution in [0.25, 0.3) is 10.1 Å². The van der Waals surface area contributed by atoms with Gasteiger partial charge in [0.2, 0.25) is 0 Å². The van der Waals surface area contributed by atoms with E-state index in [1.165, 1.54) is 20.5 Å². The molecule has 1 aromatic carbocycles. The molecule has 110 valence electrons. The molecule has 4 heteroatoms. The Balaban J connectivity index is 2.07. The number of ether oxygens (including phenoxy) is 2. The van der Waals surface area contributed by atoms with Crippen LogP contribution in [0.3, 0.4) is 0 Å². The van der Waals surface area contributed by atoms with Crippen molar-refractivity contribution >= 4 is 21.4 Å². The minimum Gasteiger partial charge on any atom is -0.382 e. The van der Waals surface area contributed by atoms with E-state index in [4.69, 9.17) is 9.47 Å². The molecule has 20 heavy (non-hydrogen) atoms. The molecule has 1 heterocycles. The van der Waals surface area contributed by atoms with E-state index in [1.54, 1.807) is 14.2 Å². The molecule has 0 aliphatic heterocycles. The second-order valence-electron chi connectivity index (χ2n) is 5.03. The fourth-order valence-electron chi connectivity index (χ4n) is 2.40. The van der Waals surface area contributed by atoms with E-state index in [2.05, 4.69) is 43.4 Å². The van der Waals surface area contributed by atoms with Crippen LogP contribution in [0.4, 0.5) is 0 Å². The lowest BCUT2D eigenvalue weighted by molar-refractivity contribution is 0.0277. The van der Waals surface area contributed by atoms with Gasteiger partial charge in [-0.25, -0.2) is 0 Å². The van der Waals surface area contributed by atoms with Gasteiger partial charge < -0.3 is 14.8 Å². The Bertz CT molecular complexity index is 552. The molecule has 0 bridgehead atoms. The van der Waals surface area contributed by atoms with E-state index in [-0.39, 0.29) is 6.10 Å². The van der Waals surface area contributed by atoms with Crippen molar-refractivity contribution in [2.75, 3.05) is 27.4 Å². The highest BCUT2D eigenvalue weighted by molar-refractivity contribution is 7.19. The molecule has 0 spiro atoms. The molecule has 2 aromatic rings. The fraction of sp³-hybridized carbons (Fsp3) is 0.500. The molecule has 2 rings (SSSR count). The van der Waals surface area contributed by atoms with Crippen LogP contribution in [0.1, 0.15) is 23.4 Å². The van der Waals surface area contributed by atoms with Crippen LogP contribution in [-0.4, -0.2) is 33.5 Å². The third-order valence-electron chi connectivity index (χ3n) is 3.61. The molecule has 3 nitrogen and oxygen atoms in total. The number of methoxy groups -OCH3 is 2. The fourth-order valence-corrected chi connectivity index (χ4v) is 3.64. The lowest BCUT2D eigenvalue weighted by Gasteiger charge is -2.19. The van der Waals surface area contributed by atoms with Gasteiger partial charge in [-0.05, 0) is 30.9 Å². The summed E-state index contributed by atoms with van der Waals surface area (Å²) in [5, 5.41) is 4.90. The number of nitrogens with one attached hydrogen (secondary N) is 1. The Morgan fingerprint density at radius 3 is 2.65 bits per heavy atom. The van der Waals surface area contributed by atoms with Crippen molar-refractivity contribution in [2.45, 2.75) is 26.0 Å². The molecule has 0 aliphatic rings. The summed E-state index contributed by atoms with van der Waals surface area (Å²) >= 11 is 1.87. The largest absolute Gasteiger partial charge is 0.382 e. The molecule has 0 saturated heterocycles. The molecule has 1 aromatic heterocycles. The van der Waals surface area contributed by atoms with Crippen LogP contribution in [-0.2, 0) is 9.47 Å². The number of rotatable bonds is 7. The molecule has 0 aliphatic carbocycles. The van der Waals surface area contributed by atoms with E-state index >= 15 is 0 Å². The quantitative estimate of drug-likeness (QED) is 0.847. The third-order valence-corrected chi connectivity index (χ3v) is 5.07. The lowest BCUT2D eigenvalue weighted by atomic mass is 10.1. The lowest BCUT2D eigenvalue weighted by Crippen LogP contribution is -2.33. The summed E-state index contributed by atoms with van der Waals surface area (Å²) in [5.74, 6) is 0. The van der Waals surface area contributed by atoms with Gasteiger partial charge >= 0.3 is 0 Å². The number of hydrogen-bond donors (Lipinski definition) is 1. The van der Waals surface area contributed by atoms with E-state index in [0.29, 0.717) is 12.6 Å². The normalized spacial score (nSPS) is 14.6. The van der Waals surface area contributed by atoms with Crippen molar-refractivity contribution < 1.29 is 9.47 Å². The van der Waals surface area contributed by atoms with E-state index in [0.717, 1.165) is 6.54 Å². The van der Waals surface area contributed by atoms with Gasteiger partial charge in [0.15, 0.2) is 0 Å². The van der Waals surface area contributed by atoms with Gasteiger partial charge in [-0.2, -0.15) is 0 Å². The second kappa shape index (κ2) is 7.18. The third kappa shape index (κ3) is 3.38. The molecule has 0 fully saturated rings. The number of fused-ring (bicyclic) bond motifs is 1. The Morgan fingerprint density at radius 2 is 2.00 bits per heavy atom. The summed E-state index contributed by atoms with van der Waals surface area (Å²) in [6.45, 7) is 5.81. The zero-order valence-corrected chi connectivity index (χ0v) is 13.4. The average molecular weight is 293 g/mol. The average Bonchev–Trinajstić information content (AvgIpc) is 2.81. The minimum absolute atomic E-state index is 0.0946. The summed E-state index contributed by atoms with van der Waals surface area (Å²) < 4.78 is 11.9. The van der Waals surface area contributed by atoms with E-state index in [9.17, 15) is 0 Å². The van der Waals surface area contributed by atoms with Gasteiger partial charge in [-0.1, -0.05) is 18.2 Å². The Labute approximate surface area is 124 Å². The van der Waals surface area contributed by atoms with Crippen molar-refractivity contribution in [3.63, 3.8) is 0 Å². The predicted octanol–water partition coefficient (Wildman–Crippen LogP) is 3.52. The summed E-state index contributed by atoms with van der Waals surface area (Å²) in [6, 6.07) is 8.90. The van der Waals surface area contributed by atoms with E-state index < -0.39 is 0 Å². The van der Waals surface area contributed by atoms with Crippen LogP contribution in [0.15, 0.2) is 24.3 Å². The highest BCUT2D eigenvalue weighted by atomic mass is 32.1. The van der Waals surface area contributed by atoms with Crippen LogP contribution in [0.2, 0.25) is 0 Å². The molecule has 2 atom stereocenters. The highest BCUT2D eigenvalue weighted by Gasteiger charge is 2.15. The molecule has 0 amide bonds. The summed E-state index contributed by atoms with van der Waals surface area (Å²) in [6.07, 6.45) is 0.0946. The van der Waals surface area contributed by atoms with Gasteiger partial charge in [0, 0.05) is 36.4 Å². The summed E-state index contributed by atoms with van der Waals surface area (Å²) in [4.78, 5) is 1.40. The smallest absolute Gasteiger partial charge is 0.0928 e. The predicted molar refractivity (Wildman–Crippen MR) is 85.7 cm³/mol. The highest BCUT2D eigenvalue weighted by Crippen LogP contribution is 2.34. The van der Waals surface area contributed by atoms with Crippen molar-refractivity contribution in [3.05, 3.63) is 34.7 Å². The Hall–Kier alpha value is -0.940. The molecular weight excluding hydrogens is 270 g/mol. The summed E-state index contributed by atoms with van der Waals surface area (Å²) in [7, 11) is 3.42. The SMILES string of the molecule is COCC(CNC(C)c1sc2ccccc2c1C)OC. The first-order valence-corrected chi connectivity index (χ1v) is 7.72. The molecule has 2 unspecified atom stereocenters. The van der Waals surface area contributed by atoms with Gasteiger partial charge in [0.25, 0.3) is 0 Å². The van der Waals surface area contributed by atoms with Gasteiger partial charge in [-0.3, -0.25) is 0 Å². The zero-order valence-electron chi connectivity index (χ0n) is 12.6. The zero-order chi connectivity index (χ0) is 14.5. The van der Waals surface area contributed by atoms with Crippen LogP contribution < -0.4 is 5.32 Å². The Kier molecular flexibility index (Phi) is 5.54. The number of aryl methyl sites for hydroxylation is 1. The van der Waals surface area contributed by atoms with Crippen molar-refractivity contribution in [1.82, 2.24) is 5.32 Å². The van der Waals surface area contributed by atoms with Gasteiger partial charge in [-0.15, -0.1) is 11.3 Å². The van der Waals surface area contributed by atoms with Crippen molar-refractivity contribution in [2.24, 2.45) is 0 Å². The second-order valence-corrected chi connectivity index (χ2v) is 6.11. The first kappa shape index (κ1) is 15.4. The van der Waals surface area contributed by atoms with Crippen molar-refractivity contribution in [3.8, 4) is 0 Å². The maximum atomic E-state index is 5.38. The topological polar surface area (TPSA) is 30.5 Å². The van der Waals surface area contributed by atoms with Crippen LogP contribution >= 0.6 is 11.3 Å². The molecular formula is C16H23NO2S. The number of thiophene rings is 1. The van der Waals surface area contributed by atoms with E-state index in [1.807, 2.05) is 11.3 Å². The first-order chi connectivity index (χ1) is 9.67. The van der Waals surface area contributed by atoms with Crippen molar-refractivity contribution in [1.29, 1.82) is 0 Å². The molecule has 1 N–H and O–H groups in total. The first-order valence-electron chi connectivity index (χ1n) is 6.90. The number of benzene rings is 1. The molecule has 0 radical (unpaired) electrons. The van der Waals surface area contributed by atoms with Crippen LogP contribution in [0.5, 0.6) is 0 Å². The number of hydrogen-bond acceptors (Lipinski definition) is 4. The maximum Gasteiger partial charge on any atom is 0.0928 e.